The summed E-state index contributed by atoms with van der Waals surface area (Å²) in [6, 6.07) is 1.26. The fourth-order valence-electron chi connectivity index (χ4n) is 1.36. The normalized spacial score (nSPS) is 12.8. The zero-order valence-electron chi connectivity index (χ0n) is 8.03. The van der Waals surface area contributed by atoms with Crippen molar-refractivity contribution >= 4 is 35.7 Å². The van der Waals surface area contributed by atoms with Crippen LogP contribution < -0.4 is 15.2 Å². The standard InChI is InChI=1S/C9H8ClNO4.ClH/c10-5-3-4(9(12)13)7-8(6(5)11)15-2-1-14-7;/h3H,1-2,11H2,(H,12,13);1H. The largest absolute Gasteiger partial charge is 0.485 e. The molecular formula is C9H9Cl2NO4. The van der Waals surface area contributed by atoms with Crippen molar-refractivity contribution in [2.24, 2.45) is 0 Å². The molecule has 7 heteroatoms. The maximum Gasteiger partial charge on any atom is 0.339 e. The van der Waals surface area contributed by atoms with Crippen molar-refractivity contribution in [2.45, 2.75) is 0 Å². The van der Waals surface area contributed by atoms with E-state index in [-0.39, 0.29) is 40.2 Å². The molecule has 1 aromatic rings. The van der Waals surface area contributed by atoms with E-state index in [0.29, 0.717) is 13.2 Å². The Kier molecular flexibility index (Phi) is 3.72. The van der Waals surface area contributed by atoms with Crippen LogP contribution in [0.5, 0.6) is 11.5 Å². The van der Waals surface area contributed by atoms with E-state index in [1.54, 1.807) is 0 Å². The lowest BCUT2D eigenvalue weighted by Crippen LogP contribution is -2.19. The average molecular weight is 266 g/mol. The Hall–Kier alpha value is -1.33. The van der Waals surface area contributed by atoms with Crippen LogP contribution >= 0.6 is 24.0 Å². The van der Waals surface area contributed by atoms with Gasteiger partial charge in [0, 0.05) is 0 Å². The van der Waals surface area contributed by atoms with E-state index >= 15 is 0 Å². The predicted octanol–water partition coefficient (Wildman–Crippen LogP) is 1.81. The van der Waals surface area contributed by atoms with Gasteiger partial charge in [-0.25, -0.2) is 4.79 Å². The number of halogens is 2. The van der Waals surface area contributed by atoms with Gasteiger partial charge in [-0.05, 0) is 6.07 Å². The average Bonchev–Trinajstić information content (AvgIpc) is 2.23. The summed E-state index contributed by atoms with van der Waals surface area (Å²) in [6.07, 6.45) is 0. The topological polar surface area (TPSA) is 81.8 Å². The first-order valence-electron chi connectivity index (χ1n) is 4.22. The molecule has 0 atom stereocenters. The molecule has 0 saturated heterocycles. The molecule has 88 valence electrons. The van der Waals surface area contributed by atoms with Crippen molar-refractivity contribution in [1.29, 1.82) is 0 Å². The Bertz CT molecular complexity index is 436. The molecule has 0 amide bonds. The molecule has 0 aliphatic carbocycles. The third kappa shape index (κ3) is 1.96. The highest BCUT2D eigenvalue weighted by molar-refractivity contribution is 6.34. The Labute approximate surface area is 102 Å². The Morgan fingerprint density at radius 1 is 1.38 bits per heavy atom. The first-order valence-corrected chi connectivity index (χ1v) is 4.60. The van der Waals surface area contributed by atoms with Crippen molar-refractivity contribution < 1.29 is 19.4 Å². The van der Waals surface area contributed by atoms with Gasteiger partial charge in [-0.2, -0.15) is 0 Å². The van der Waals surface area contributed by atoms with Gasteiger partial charge in [-0.1, -0.05) is 11.6 Å². The van der Waals surface area contributed by atoms with Gasteiger partial charge in [0.1, 0.15) is 18.8 Å². The molecule has 1 heterocycles. The quantitative estimate of drug-likeness (QED) is 0.757. The number of fused-ring (bicyclic) bond motifs is 1. The second-order valence-corrected chi connectivity index (χ2v) is 3.39. The zero-order valence-corrected chi connectivity index (χ0v) is 9.60. The fraction of sp³-hybridized carbons (Fsp3) is 0.222. The number of aromatic carboxylic acids is 1. The van der Waals surface area contributed by atoms with E-state index in [2.05, 4.69) is 0 Å². The van der Waals surface area contributed by atoms with Gasteiger partial charge in [0.25, 0.3) is 0 Å². The maximum atomic E-state index is 10.9. The molecule has 0 unspecified atom stereocenters. The predicted molar refractivity (Wildman–Crippen MR) is 61.1 cm³/mol. The van der Waals surface area contributed by atoms with Crippen molar-refractivity contribution in [3.63, 3.8) is 0 Å². The molecule has 1 aromatic carbocycles. The number of carboxylic acids is 1. The van der Waals surface area contributed by atoms with Crippen LogP contribution in [-0.4, -0.2) is 24.3 Å². The number of carboxylic acid groups (broad SMARTS) is 1. The molecule has 5 nitrogen and oxygen atoms in total. The molecule has 0 aromatic heterocycles. The highest BCUT2D eigenvalue weighted by Crippen LogP contribution is 2.43. The van der Waals surface area contributed by atoms with Crippen LogP contribution in [0.1, 0.15) is 10.4 Å². The van der Waals surface area contributed by atoms with Crippen LogP contribution in [0.3, 0.4) is 0 Å². The Morgan fingerprint density at radius 2 is 1.94 bits per heavy atom. The van der Waals surface area contributed by atoms with E-state index in [1.807, 2.05) is 0 Å². The minimum Gasteiger partial charge on any atom is -0.485 e. The minimum atomic E-state index is -1.13. The van der Waals surface area contributed by atoms with Crippen LogP contribution in [0.15, 0.2) is 6.07 Å². The molecule has 2 rings (SSSR count). The van der Waals surface area contributed by atoms with Gasteiger partial charge in [0.2, 0.25) is 0 Å². The van der Waals surface area contributed by atoms with Crippen LogP contribution in [0.2, 0.25) is 5.02 Å². The van der Waals surface area contributed by atoms with Gasteiger partial charge in [-0.3, -0.25) is 0 Å². The summed E-state index contributed by atoms with van der Waals surface area (Å²) in [6.45, 7) is 0.630. The third-order valence-corrected chi connectivity index (χ3v) is 2.34. The van der Waals surface area contributed by atoms with Crippen molar-refractivity contribution in [3.05, 3.63) is 16.7 Å². The lowest BCUT2D eigenvalue weighted by atomic mass is 10.1. The number of anilines is 1. The molecule has 0 radical (unpaired) electrons. The van der Waals surface area contributed by atoms with Crippen LogP contribution in [0.25, 0.3) is 0 Å². The summed E-state index contributed by atoms with van der Waals surface area (Å²) < 4.78 is 10.4. The molecule has 16 heavy (non-hydrogen) atoms. The van der Waals surface area contributed by atoms with E-state index in [0.717, 1.165) is 0 Å². The molecule has 0 fully saturated rings. The van der Waals surface area contributed by atoms with E-state index in [4.69, 9.17) is 31.9 Å². The second kappa shape index (κ2) is 4.67. The van der Waals surface area contributed by atoms with E-state index in [9.17, 15) is 4.79 Å². The summed E-state index contributed by atoms with van der Waals surface area (Å²) in [5.41, 5.74) is 5.81. The molecule has 1 aliphatic heterocycles. The summed E-state index contributed by atoms with van der Waals surface area (Å²) in [4.78, 5) is 10.9. The fourth-order valence-corrected chi connectivity index (χ4v) is 1.55. The number of carbonyl (C=O) groups is 1. The van der Waals surface area contributed by atoms with Crippen molar-refractivity contribution in [2.75, 3.05) is 18.9 Å². The van der Waals surface area contributed by atoms with E-state index < -0.39 is 5.97 Å². The highest BCUT2D eigenvalue weighted by atomic mass is 35.5. The second-order valence-electron chi connectivity index (χ2n) is 2.98. The number of ether oxygens (including phenoxy) is 2. The number of hydrogen-bond donors (Lipinski definition) is 2. The molecule has 1 aliphatic rings. The van der Waals surface area contributed by atoms with Crippen molar-refractivity contribution in [3.8, 4) is 11.5 Å². The van der Waals surface area contributed by atoms with Gasteiger partial charge in [0.05, 0.1) is 10.7 Å². The molecule has 0 spiro atoms. The summed E-state index contributed by atoms with van der Waals surface area (Å²) in [5, 5.41) is 9.07. The van der Waals surface area contributed by atoms with Crippen molar-refractivity contribution in [1.82, 2.24) is 0 Å². The van der Waals surface area contributed by atoms with Crippen LogP contribution in [-0.2, 0) is 0 Å². The first kappa shape index (κ1) is 12.7. The lowest BCUT2D eigenvalue weighted by Gasteiger charge is -2.21. The number of nitrogens with two attached hydrogens (primary N) is 1. The molecule has 0 bridgehead atoms. The van der Waals surface area contributed by atoms with Gasteiger partial charge in [-0.15, -0.1) is 12.4 Å². The number of benzene rings is 1. The third-order valence-electron chi connectivity index (χ3n) is 2.03. The molecule has 3 N–H and O–H groups in total. The smallest absolute Gasteiger partial charge is 0.339 e. The minimum absolute atomic E-state index is 0. The number of hydrogen-bond acceptors (Lipinski definition) is 4. The number of rotatable bonds is 1. The number of nitrogen functional groups attached to an aromatic ring is 1. The highest BCUT2D eigenvalue weighted by Gasteiger charge is 2.24. The van der Waals surface area contributed by atoms with Crippen LogP contribution in [0.4, 0.5) is 5.69 Å². The van der Waals surface area contributed by atoms with Gasteiger partial charge >= 0.3 is 5.97 Å². The zero-order chi connectivity index (χ0) is 11.0. The summed E-state index contributed by atoms with van der Waals surface area (Å²) in [7, 11) is 0. The molecule has 0 saturated carbocycles. The van der Waals surface area contributed by atoms with E-state index in [1.165, 1.54) is 6.07 Å². The van der Waals surface area contributed by atoms with Crippen LogP contribution in [0, 0.1) is 0 Å². The monoisotopic (exact) mass is 265 g/mol. The molecular weight excluding hydrogens is 257 g/mol. The SMILES string of the molecule is Cl.Nc1c(Cl)cc(C(=O)O)c2c1OCCO2. The van der Waals surface area contributed by atoms with Gasteiger partial charge in [0.15, 0.2) is 11.5 Å². The summed E-state index contributed by atoms with van der Waals surface area (Å²) >= 11 is 5.77. The maximum absolute atomic E-state index is 10.9. The lowest BCUT2D eigenvalue weighted by molar-refractivity contribution is 0.0686. The van der Waals surface area contributed by atoms with Gasteiger partial charge < -0.3 is 20.3 Å². The first-order chi connectivity index (χ1) is 7.11. The Morgan fingerprint density at radius 3 is 2.50 bits per heavy atom. The Balaban J connectivity index is 0.00000128. The summed E-state index contributed by atoms with van der Waals surface area (Å²) in [5.74, 6) is -0.763.